The van der Waals surface area contributed by atoms with Crippen LogP contribution >= 0.6 is 0 Å². The van der Waals surface area contributed by atoms with Gasteiger partial charge in [-0.15, -0.1) is 0 Å². The molecule has 1 N–H and O–H groups in total. The Balaban J connectivity index is 1.72. The predicted octanol–water partition coefficient (Wildman–Crippen LogP) is 0.879. The van der Waals surface area contributed by atoms with Crippen molar-refractivity contribution in [3.05, 3.63) is 0 Å². The zero-order chi connectivity index (χ0) is 16.1. The molecular formula is C17H33N3O2. The van der Waals surface area contributed by atoms with Gasteiger partial charge in [-0.1, -0.05) is 13.8 Å². The minimum atomic E-state index is -0.285. The monoisotopic (exact) mass is 311 g/mol. The van der Waals surface area contributed by atoms with Gasteiger partial charge in [-0.25, -0.2) is 0 Å². The lowest BCUT2D eigenvalue weighted by molar-refractivity contribution is -0.139. The molecule has 0 aromatic carbocycles. The van der Waals surface area contributed by atoms with Crippen LogP contribution in [0.3, 0.4) is 0 Å². The van der Waals surface area contributed by atoms with Crippen molar-refractivity contribution in [2.45, 2.75) is 39.7 Å². The van der Waals surface area contributed by atoms with Crippen LogP contribution in [0.1, 0.15) is 33.6 Å². The van der Waals surface area contributed by atoms with Crippen LogP contribution in [0.15, 0.2) is 0 Å². The Kier molecular flexibility index (Phi) is 6.66. The molecule has 1 amide bonds. The highest BCUT2D eigenvalue weighted by molar-refractivity contribution is 5.79. The zero-order valence-corrected chi connectivity index (χ0v) is 14.5. The number of likely N-dealkylation sites (tertiary alicyclic amines) is 1. The topological polar surface area (TPSA) is 47.0 Å². The third-order valence-corrected chi connectivity index (χ3v) is 4.77. The van der Waals surface area contributed by atoms with Gasteiger partial charge < -0.3 is 14.9 Å². The van der Waals surface area contributed by atoms with E-state index in [1.165, 1.54) is 0 Å². The van der Waals surface area contributed by atoms with E-state index in [0.29, 0.717) is 11.8 Å². The number of nitrogens with zero attached hydrogens (tertiary/aromatic N) is 3. The van der Waals surface area contributed by atoms with E-state index >= 15 is 0 Å². The first-order chi connectivity index (χ1) is 10.5. The normalized spacial score (nSPS) is 24.0. The Morgan fingerprint density at radius 2 is 1.50 bits per heavy atom. The second-order valence-corrected chi connectivity index (χ2v) is 7.44. The quantitative estimate of drug-likeness (QED) is 0.819. The Morgan fingerprint density at radius 3 is 2.00 bits per heavy atom. The van der Waals surface area contributed by atoms with Crippen LogP contribution in [-0.2, 0) is 4.79 Å². The number of aliphatic hydroxyl groups excluding tert-OH is 1. The van der Waals surface area contributed by atoms with Gasteiger partial charge in [0.05, 0.1) is 6.10 Å². The molecule has 1 atom stereocenters. The summed E-state index contributed by atoms with van der Waals surface area (Å²) in [5.74, 6) is 1.29. The Bertz CT molecular complexity index is 312. The summed E-state index contributed by atoms with van der Waals surface area (Å²) in [4.78, 5) is 19.4. The van der Waals surface area contributed by atoms with Gasteiger partial charge in [0.15, 0.2) is 0 Å². The maximum Gasteiger partial charge on any atom is 0.225 e. The molecule has 2 fully saturated rings. The van der Waals surface area contributed by atoms with E-state index in [9.17, 15) is 9.90 Å². The molecule has 0 aromatic rings. The molecule has 0 aliphatic carbocycles. The van der Waals surface area contributed by atoms with Gasteiger partial charge in [0.1, 0.15) is 0 Å². The van der Waals surface area contributed by atoms with E-state index in [1.807, 2.05) is 11.8 Å². The summed E-state index contributed by atoms with van der Waals surface area (Å²) >= 11 is 0. The van der Waals surface area contributed by atoms with Crippen LogP contribution in [0, 0.1) is 11.8 Å². The molecule has 0 aromatic heterocycles. The molecule has 0 bridgehead atoms. The molecule has 22 heavy (non-hydrogen) atoms. The first kappa shape index (κ1) is 17.7. The van der Waals surface area contributed by atoms with Crippen LogP contribution in [0.2, 0.25) is 0 Å². The van der Waals surface area contributed by atoms with Crippen LogP contribution in [0.4, 0.5) is 0 Å². The third kappa shape index (κ3) is 5.21. The number of hydrogen-bond donors (Lipinski definition) is 1. The summed E-state index contributed by atoms with van der Waals surface area (Å²) in [5.41, 5.74) is 0. The maximum atomic E-state index is 12.7. The van der Waals surface area contributed by atoms with Crippen LogP contribution in [0.5, 0.6) is 0 Å². The van der Waals surface area contributed by atoms with E-state index in [2.05, 4.69) is 23.6 Å². The SMILES string of the molecule is CC(C)CN1CCC(C(=O)N2CCN(CC(C)O)CC2)CC1. The molecule has 0 saturated carbocycles. The lowest BCUT2D eigenvalue weighted by Crippen LogP contribution is -2.52. The minimum absolute atomic E-state index is 0.228. The van der Waals surface area contributed by atoms with Gasteiger partial charge in [0.2, 0.25) is 5.91 Å². The lowest BCUT2D eigenvalue weighted by atomic mass is 9.94. The molecule has 2 rings (SSSR count). The fraction of sp³-hybridized carbons (Fsp3) is 0.941. The number of rotatable bonds is 5. The van der Waals surface area contributed by atoms with Crippen LogP contribution < -0.4 is 0 Å². The van der Waals surface area contributed by atoms with Crippen molar-refractivity contribution in [3.63, 3.8) is 0 Å². The molecule has 2 aliphatic rings. The summed E-state index contributed by atoms with van der Waals surface area (Å²) in [6, 6.07) is 0. The van der Waals surface area contributed by atoms with Gasteiger partial charge in [-0.3, -0.25) is 9.69 Å². The molecule has 128 valence electrons. The largest absolute Gasteiger partial charge is 0.392 e. The Hall–Kier alpha value is -0.650. The summed E-state index contributed by atoms with van der Waals surface area (Å²) in [6.07, 6.45) is 1.74. The number of piperazine rings is 1. The minimum Gasteiger partial charge on any atom is -0.392 e. The van der Waals surface area contributed by atoms with Gasteiger partial charge in [-0.2, -0.15) is 0 Å². The number of amides is 1. The second kappa shape index (κ2) is 8.27. The van der Waals surface area contributed by atoms with Gasteiger partial charge in [-0.05, 0) is 38.8 Å². The molecule has 0 radical (unpaired) electrons. The van der Waals surface area contributed by atoms with Gasteiger partial charge in [0, 0.05) is 45.2 Å². The Morgan fingerprint density at radius 1 is 0.955 bits per heavy atom. The summed E-state index contributed by atoms with van der Waals surface area (Å²) in [7, 11) is 0. The fourth-order valence-electron chi connectivity index (χ4n) is 3.66. The van der Waals surface area contributed by atoms with Gasteiger partial charge in [0.25, 0.3) is 0 Å². The lowest BCUT2D eigenvalue weighted by Gasteiger charge is -2.39. The fourth-order valence-corrected chi connectivity index (χ4v) is 3.66. The Labute approximate surface area is 135 Å². The molecular weight excluding hydrogens is 278 g/mol. The van der Waals surface area contributed by atoms with Crippen LogP contribution in [-0.4, -0.2) is 84.2 Å². The van der Waals surface area contributed by atoms with E-state index < -0.39 is 0 Å². The van der Waals surface area contributed by atoms with E-state index in [0.717, 1.165) is 65.2 Å². The number of piperidine rings is 1. The molecule has 2 aliphatic heterocycles. The zero-order valence-electron chi connectivity index (χ0n) is 14.5. The van der Waals surface area contributed by atoms with Crippen molar-refractivity contribution < 1.29 is 9.90 Å². The maximum absolute atomic E-state index is 12.7. The second-order valence-electron chi connectivity index (χ2n) is 7.44. The number of carbonyl (C=O) groups excluding carboxylic acids is 1. The molecule has 5 heteroatoms. The number of carbonyl (C=O) groups is 1. The van der Waals surface area contributed by atoms with E-state index in [1.54, 1.807) is 0 Å². The van der Waals surface area contributed by atoms with Gasteiger partial charge >= 0.3 is 0 Å². The molecule has 2 saturated heterocycles. The standard InChI is InChI=1S/C17H33N3O2/c1-14(2)12-18-6-4-16(5-7-18)17(22)20-10-8-19(9-11-20)13-15(3)21/h14-16,21H,4-13H2,1-3H3. The summed E-state index contributed by atoms with van der Waals surface area (Å²) in [5, 5.41) is 9.44. The van der Waals surface area contributed by atoms with E-state index in [-0.39, 0.29) is 12.0 Å². The molecule has 2 heterocycles. The number of hydrogen-bond acceptors (Lipinski definition) is 4. The highest BCUT2D eigenvalue weighted by Gasteiger charge is 2.30. The number of β-amino-alcohol motifs (C(OH)–C–C–N with tert-alkyl or cyclic N) is 1. The smallest absolute Gasteiger partial charge is 0.225 e. The van der Waals surface area contributed by atoms with Crippen molar-refractivity contribution in [1.29, 1.82) is 0 Å². The van der Waals surface area contributed by atoms with Crippen molar-refractivity contribution in [3.8, 4) is 0 Å². The van der Waals surface area contributed by atoms with Crippen molar-refractivity contribution in [2.24, 2.45) is 11.8 Å². The van der Waals surface area contributed by atoms with E-state index in [4.69, 9.17) is 0 Å². The first-order valence-electron chi connectivity index (χ1n) is 8.87. The molecule has 0 spiro atoms. The predicted molar refractivity (Wildman–Crippen MR) is 88.7 cm³/mol. The number of aliphatic hydroxyl groups is 1. The highest BCUT2D eigenvalue weighted by Crippen LogP contribution is 2.21. The van der Waals surface area contributed by atoms with Crippen LogP contribution in [0.25, 0.3) is 0 Å². The summed E-state index contributed by atoms with van der Waals surface area (Å²) < 4.78 is 0. The highest BCUT2D eigenvalue weighted by atomic mass is 16.3. The van der Waals surface area contributed by atoms with Crippen molar-refractivity contribution >= 4 is 5.91 Å². The third-order valence-electron chi connectivity index (χ3n) is 4.77. The average molecular weight is 311 g/mol. The van der Waals surface area contributed by atoms with Crippen molar-refractivity contribution in [2.75, 3.05) is 52.4 Å². The molecule has 1 unspecified atom stereocenters. The molecule has 5 nitrogen and oxygen atoms in total. The van der Waals surface area contributed by atoms with Crippen molar-refractivity contribution in [1.82, 2.24) is 14.7 Å². The average Bonchev–Trinajstić information content (AvgIpc) is 2.47. The summed E-state index contributed by atoms with van der Waals surface area (Å²) in [6.45, 7) is 13.7. The first-order valence-corrected chi connectivity index (χ1v) is 8.87.